The fraction of sp³-hybridized carbons (Fsp3) is 0.394. The number of carbonyl (C=O) groups excluding carboxylic acids is 1. The van der Waals surface area contributed by atoms with Gasteiger partial charge in [0.05, 0.1) is 6.61 Å². The van der Waals surface area contributed by atoms with Gasteiger partial charge in [-0.15, -0.1) is 0 Å². The molecule has 1 N–H and O–H groups in total. The molecule has 3 aromatic rings. The number of para-hydroxylation sites is 1. The lowest BCUT2D eigenvalue weighted by Crippen LogP contribution is -2.32. The zero-order valence-electron chi connectivity index (χ0n) is 22.4. The van der Waals surface area contributed by atoms with E-state index in [9.17, 15) is 9.59 Å². The average Bonchev–Trinajstić information content (AvgIpc) is 3.78. The second kappa shape index (κ2) is 13.8. The van der Waals surface area contributed by atoms with Gasteiger partial charge in [-0.2, -0.15) is 0 Å². The third-order valence-corrected chi connectivity index (χ3v) is 7.09. The van der Waals surface area contributed by atoms with Crippen molar-refractivity contribution >= 4 is 11.9 Å². The molecule has 0 heterocycles. The van der Waals surface area contributed by atoms with Crippen molar-refractivity contribution in [3.05, 3.63) is 89.5 Å². The second-order valence-corrected chi connectivity index (χ2v) is 10.2. The van der Waals surface area contributed by atoms with E-state index < -0.39 is 5.97 Å². The number of unbranched alkanes of at least 4 members (excludes halogenated alkanes) is 3. The van der Waals surface area contributed by atoms with Crippen LogP contribution >= 0.6 is 0 Å². The third-order valence-electron chi connectivity index (χ3n) is 7.09. The summed E-state index contributed by atoms with van der Waals surface area (Å²) in [5, 5.41) is 8.78. The summed E-state index contributed by atoms with van der Waals surface area (Å²) in [6, 6.07) is 24.9. The maximum absolute atomic E-state index is 13.6. The highest BCUT2D eigenvalue weighted by molar-refractivity contribution is 5.95. The van der Waals surface area contributed by atoms with Crippen molar-refractivity contribution in [3.8, 4) is 16.9 Å². The molecule has 1 aliphatic rings. The Labute approximate surface area is 226 Å². The number of aryl methyl sites for hydroxylation is 1. The van der Waals surface area contributed by atoms with Gasteiger partial charge in [-0.3, -0.25) is 9.59 Å². The van der Waals surface area contributed by atoms with Gasteiger partial charge < -0.3 is 14.7 Å². The minimum atomic E-state index is -0.757. The molecule has 0 atom stereocenters. The van der Waals surface area contributed by atoms with Crippen molar-refractivity contribution in [3.63, 3.8) is 0 Å². The highest BCUT2D eigenvalue weighted by atomic mass is 16.5. The van der Waals surface area contributed by atoms with Crippen LogP contribution in [0.25, 0.3) is 11.1 Å². The molecule has 0 unspecified atom stereocenters. The molecule has 1 saturated carbocycles. The van der Waals surface area contributed by atoms with Crippen molar-refractivity contribution < 1.29 is 19.4 Å². The predicted octanol–water partition coefficient (Wildman–Crippen LogP) is 7.52. The molecule has 0 spiro atoms. The maximum atomic E-state index is 13.6. The number of amides is 1. The number of nitrogens with zero attached hydrogens (tertiary/aromatic N) is 1. The number of hydrogen-bond acceptors (Lipinski definition) is 3. The zero-order chi connectivity index (χ0) is 26.7. The van der Waals surface area contributed by atoms with Gasteiger partial charge in [0.2, 0.25) is 0 Å². The molecule has 200 valence electrons. The Morgan fingerprint density at radius 3 is 2.21 bits per heavy atom. The minimum absolute atomic E-state index is 0.0532. The van der Waals surface area contributed by atoms with E-state index in [-0.39, 0.29) is 18.4 Å². The zero-order valence-corrected chi connectivity index (χ0v) is 22.4. The van der Waals surface area contributed by atoms with Gasteiger partial charge >= 0.3 is 5.97 Å². The largest absolute Gasteiger partial charge is 0.493 e. The molecular formula is C33H39NO4. The molecule has 5 heteroatoms. The Morgan fingerprint density at radius 2 is 1.55 bits per heavy atom. The van der Waals surface area contributed by atoms with Crippen LogP contribution in [-0.4, -0.2) is 34.5 Å². The molecule has 5 nitrogen and oxygen atoms in total. The van der Waals surface area contributed by atoms with Gasteiger partial charge in [0, 0.05) is 30.1 Å². The van der Waals surface area contributed by atoms with Crippen LogP contribution in [0.1, 0.15) is 79.8 Å². The van der Waals surface area contributed by atoms with Crippen molar-refractivity contribution in [2.45, 2.75) is 77.3 Å². The topological polar surface area (TPSA) is 66.8 Å². The molecule has 0 saturated heterocycles. The fourth-order valence-corrected chi connectivity index (χ4v) is 4.66. The Bertz CT molecular complexity index is 1180. The number of carboxylic acid groups (broad SMARTS) is 1. The molecule has 0 bridgehead atoms. The van der Waals surface area contributed by atoms with Gasteiger partial charge in [0.1, 0.15) is 5.75 Å². The minimum Gasteiger partial charge on any atom is -0.493 e. The number of carboxylic acids is 1. The number of carbonyl (C=O) groups is 2. The van der Waals surface area contributed by atoms with Crippen LogP contribution in [0.3, 0.4) is 0 Å². The Hall–Kier alpha value is -3.60. The smallest absolute Gasteiger partial charge is 0.303 e. The first kappa shape index (κ1) is 27.4. The monoisotopic (exact) mass is 513 g/mol. The van der Waals surface area contributed by atoms with Crippen LogP contribution in [0.15, 0.2) is 72.8 Å². The molecule has 3 aromatic carbocycles. The fourth-order valence-electron chi connectivity index (χ4n) is 4.66. The van der Waals surface area contributed by atoms with Crippen LogP contribution in [-0.2, 0) is 17.8 Å². The van der Waals surface area contributed by atoms with Crippen molar-refractivity contribution in [1.82, 2.24) is 4.90 Å². The van der Waals surface area contributed by atoms with Crippen molar-refractivity contribution in [1.29, 1.82) is 0 Å². The molecule has 0 radical (unpaired) electrons. The van der Waals surface area contributed by atoms with Gasteiger partial charge in [-0.1, -0.05) is 67.9 Å². The van der Waals surface area contributed by atoms with Crippen LogP contribution in [0, 0.1) is 0 Å². The van der Waals surface area contributed by atoms with Crippen LogP contribution in [0.4, 0.5) is 0 Å². The SMILES string of the molecule is CCCCc1ccc(-c2ccc(C(=O)N(Cc3ccccc3OCCCCCC(=O)O)C3CC3)cc2)cc1. The van der Waals surface area contributed by atoms with E-state index in [1.807, 2.05) is 53.4 Å². The summed E-state index contributed by atoms with van der Waals surface area (Å²) in [7, 11) is 0. The van der Waals surface area contributed by atoms with Gasteiger partial charge in [0.25, 0.3) is 5.91 Å². The molecule has 4 rings (SSSR count). The third kappa shape index (κ3) is 7.95. The lowest BCUT2D eigenvalue weighted by atomic mass is 10.0. The van der Waals surface area contributed by atoms with E-state index in [2.05, 4.69) is 31.2 Å². The molecule has 1 aliphatic carbocycles. The summed E-state index contributed by atoms with van der Waals surface area (Å²) < 4.78 is 6.04. The summed E-state index contributed by atoms with van der Waals surface area (Å²) in [4.78, 5) is 26.2. The van der Waals surface area contributed by atoms with Gasteiger partial charge in [0.15, 0.2) is 0 Å². The lowest BCUT2D eigenvalue weighted by Gasteiger charge is -2.24. The molecule has 0 aliphatic heterocycles. The number of hydrogen-bond donors (Lipinski definition) is 1. The van der Waals surface area contributed by atoms with Crippen LogP contribution < -0.4 is 4.74 Å². The second-order valence-electron chi connectivity index (χ2n) is 10.2. The van der Waals surface area contributed by atoms with E-state index in [1.54, 1.807) is 0 Å². The lowest BCUT2D eigenvalue weighted by molar-refractivity contribution is -0.137. The summed E-state index contributed by atoms with van der Waals surface area (Å²) in [6.45, 7) is 3.26. The Balaban J connectivity index is 1.38. The van der Waals surface area contributed by atoms with E-state index in [4.69, 9.17) is 9.84 Å². The predicted molar refractivity (Wildman–Crippen MR) is 151 cm³/mol. The van der Waals surface area contributed by atoms with Crippen molar-refractivity contribution in [2.75, 3.05) is 6.61 Å². The molecule has 0 aromatic heterocycles. The quantitative estimate of drug-likeness (QED) is 0.213. The van der Waals surface area contributed by atoms with Crippen LogP contribution in [0.2, 0.25) is 0 Å². The van der Waals surface area contributed by atoms with E-state index >= 15 is 0 Å². The highest BCUT2D eigenvalue weighted by Crippen LogP contribution is 2.32. The highest BCUT2D eigenvalue weighted by Gasteiger charge is 2.33. The Morgan fingerprint density at radius 1 is 0.868 bits per heavy atom. The summed E-state index contributed by atoms with van der Waals surface area (Å²) in [6.07, 6.45) is 8.06. The summed E-state index contributed by atoms with van der Waals surface area (Å²) >= 11 is 0. The number of ether oxygens (including phenoxy) is 1. The summed E-state index contributed by atoms with van der Waals surface area (Å²) in [5.41, 5.74) is 5.35. The number of rotatable bonds is 15. The average molecular weight is 514 g/mol. The molecule has 38 heavy (non-hydrogen) atoms. The van der Waals surface area contributed by atoms with Crippen LogP contribution in [0.5, 0.6) is 5.75 Å². The number of benzene rings is 3. The van der Waals surface area contributed by atoms with E-state index in [1.165, 1.54) is 18.4 Å². The first-order chi connectivity index (χ1) is 18.5. The summed E-state index contributed by atoms with van der Waals surface area (Å²) in [5.74, 6) is 0.0894. The normalized spacial score (nSPS) is 12.8. The van der Waals surface area contributed by atoms with Crippen molar-refractivity contribution in [2.24, 2.45) is 0 Å². The van der Waals surface area contributed by atoms with E-state index in [0.29, 0.717) is 25.1 Å². The molecule has 1 amide bonds. The first-order valence-corrected chi connectivity index (χ1v) is 14.0. The Kier molecular flexibility index (Phi) is 9.97. The molecular weight excluding hydrogens is 474 g/mol. The van der Waals surface area contributed by atoms with Gasteiger partial charge in [-0.25, -0.2) is 0 Å². The standard InChI is InChI=1S/C33H39NO4/c1-2-3-9-25-13-15-26(16-14-25)27-17-19-28(20-18-27)33(37)34(30-21-22-30)24-29-10-6-7-11-31(29)38-23-8-4-5-12-32(35)36/h6-7,10-11,13-20,30H,2-5,8-9,12,21-24H2,1H3,(H,35,36). The first-order valence-electron chi connectivity index (χ1n) is 14.0. The van der Waals surface area contributed by atoms with Gasteiger partial charge in [-0.05, 0) is 79.8 Å². The maximum Gasteiger partial charge on any atom is 0.303 e. The molecule has 1 fully saturated rings. The number of aliphatic carboxylic acids is 1. The van der Waals surface area contributed by atoms with E-state index in [0.717, 1.165) is 54.5 Å².